The third kappa shape index (κ3) is 4.38. The normalized spacial score (nSPS) is 14.1. The predicted molar refractivity (Wildman–Crippen MR) is 86.1 cm³/mol. The first kappa shape index (κ1) is 15.7. The minimum atomic E-state index is -0.446. The zero-order valence-corrected chi connectivity index (χ0v) is 12.8. The molecule has 3 nitrogen and oxygen atoms in total. The molecule has 2 aromatic rings. The molecule has 0 radical (unpaired) electrons. The third-order valence-electron chi connectivity index (χ3n) is 3.99. The molecule has 0 saturated heterocycles. The molecule has 0 aliphatic rings. The highest BCUT2D eigenvalue weighted by Gasteiger charge is 2.22. The monoisotopic (exact) mass is 284 g/mol. The third-order valence-corrected chi connectivity index (χ3v) is 3.99. The van der Waals surface area contributed by atoms with Crippen LogP contribution in [0.25, 0.3) is 0 Å². The van der Waals surface area contributed by atoms with E-state index in [0.29, 0.717) is 0 Å². The Balaban J connectivity index is 1.96. The Bertz CT molecular complexity index is 515. The summed E-state index contributed by atoms with van der Waals surface area (Å²) in [6.07, 6.45) is 5.09. The van der Waals surface area contributed by atoms with Crippen LogP contribution in [0.4, 0.5) is 0 Å². The maximum absolute atomic E-state index is 10.6. The van der Waals surface area contributed by atoms with E-state index in [2.05, 4.69) is 23.9 Å². The number of aromatic nitrogens is 1. The molecular weight excluding hydrogens is 260 g/mol. The van der Waals surface area contributed by atoms with Gasteiger partial charge in [0, 0.05) is 25.0 Å². The Morgan fingerprint density at radius 3 is 2.38 bits per heavy atom. The molecule has 2 rings (SSSR count). The first-order valence-electron chi connectivity index (χ1n) is 7.54. The van der Waals surface area contributed by atoms with Gasteiger partial charge in [0.1, 0.15) is 0 Å². The van der Waals surface area contributed by atoms with Crippen LogP contribution < -0.4 is 0 Å². The van der Waals surface area contributed by atoms with E-state index >= 15 is 0 Å². The number of nitrogens with zero attached hydrogens (tertiary/aromatic N) is 2. The van der Waals surface area contributed by atoms with Crippen LogP contribution >= 0.6 is 0 Å². The largest absolute Gasteiger partial charge is 0.387 e. The number of likely N-dealkylation sites (N-methyl/N-ethyl adjacent to an activating group) is 1. The fraction of sp³-hybridized carbons (Fsp3) is 0.389. The average Bonchev–Trinajstić information content (AvgIpc) is 2.55. The van der Waals surface area contributed by atoms with E-state index in [1.165, 1.54) is 5.56 Å². The van der Waals surface area contributed by atoms with E-state index in [9.17, 15) is 5.11 Å². The van der Waals surface area contributed by atoms with Crippen LogP contribution in [0.3, 0.4) is 0 Å². The van der Waals surface area contributed by atoms with Crippen LogP contribution in [0.5, 0.6) is 0 Å². The number of hydrogen-bond donors (Lipinski definition) is 1. The summed E-state index contributed by atoms with van der Waals surface area (Å²) in [7, 11) is 2.08. The molecule has 0 amide bonds. The van der Waals surface area contributed by atoms with Crippen LogP contribution in [0.1, 0.15) is 30.6 Å². The van der Waals surface area contributed by atoms with Crippen molar-refractivity contribution in [3.8, 4) is 0 Å². The van der Waals surface area contributed by atoms with Crippen molar-refractivity contribution < 1.29 is 5.11 Å². The molecule has 112 valence electrons. The first-order valence-corrected chi connectivity index (χ1v) is 7.54. The van der Waals surface area contributed by atoms with E-state index in [1.54, 1.807) is 0 Å². The maximum atomic E-state index is 10.6. The smallest absolute Gasteiger partial charge is 0.0944 e. The lowest BCUT2D eigenvalue weighted by Crippen LogP contribution is -2.37. The second-order valence-corrected chi connectivity index (χ2v) is 5.42. The topological polar surface area (TPSA) is 36.4 Å². The van der Waals surface area contributed by atoms with Crippen LogP contribution in [0.15, 0.2) is 54.9 Å². The Morgan fingerprint density at radius 1 is 1.10 bits per heavy atom. The van der Waals surface area contributed by atoms with Crippen molar-refractivity contribution in [3.63, 3.8) is 0 Å². The molecule has 3 heteroatoms. The van der Waals surface area contributed by atoms with Crippen molar-refractivity contribution in [2.75, 3.05) is 13.6 Å². The Labute approximate surface area is 127 Å². The fourth-order valence-electron chi connectivity index (χ4n) is 2.67. The van der Waals surface area contributed by atoms with Gasteiger partial charge in [0.05, 0.1) is 6.10 Å². The van der Waals surface area contributed by atoms with Crippen LogP contribution in [0.2, 0.25) is 0 Å². The van der Waals surface area contributed by atoms with Gasteiger partial charge in [-0.05, 0) is 43.1 Å². The van der Waals surface area contributed by atoms with Crippen molar-refractivity contribution in [2.45, 2.75) is 31.9 Å². The minimum absolute atomic E-state index is 0.134. The molecule has 0 spiro atoms. The summed E-state index contributed by atoms with van der Waals surface area (Å²) in [5.41, 5.74) is 2.26. The standard InChI is InChI=1S/C18H24N2O/c1-3-17(18(21)16-7-5-4-6-8-16)20(2)14-11-15-9-12-19-13-10-15/h4-10,12-13,17-18,21H,3,11,14H2,1-2H3. The van der Waals surface area contributed by atoms with Gasteiger partial charge < -0.3 is 10.0 Å². The molecule has 0 aliphatic carbocycles. The molecule has 1 aromatic heterocycles. The summed E-state index contributed by atoms with van der Waals surface area (Å²) in [5.74, 6) is 0. The molecule has 1 aromatic carbocycles. The van der Waals surface area contributed by atoms with Crippen LogP contribution in [-0.2, 0) is 6.42 Å². The fourth-order valence-corrected chi connectivity index (χ4v) is 2.67. The summed E-state index contributed by atoms with van der Waals surface area (Å²) >= 11 is 0. The van der Waals surface area contributed by atoms with E-state index in [0.717, 1.165) is 24.9 Å². The van der Waals surface area contributed by atoms with Crippen molar-refractivity contribution in [1.82, 2.24) is 9.88 Å². The van der Waals surface area contributed by atoms with Gasteiger partial charge in [0.2, 0.25) is 0 Å². The highest BCUT2D eigenvalue weighted by molar-refractivity contribution is 5.19. The van der Waals surface area contributed by atoms with Crippen molar-refractivity contribution in [1.29, 1.82) is 0 Å². The molecule has 1 N–H and O–H groups in total. The Hall–Kier alpha value is -1.71. The number of pyridine rings is 1. The summed E-state index contributed by atoms with van der Waals surface area (Å²) in [6.45, 7) is 3.05. The van der Waals surface area contributed by atoms with Gasteiger partial charge in [-0.25, -0.2) is 0 Å². The molecule has 0 bridgehead atoms. The SMILES string of the molecule is CCC(C(O)c1ccccc1)N(C)CCc1ccncc1. The lowest BCUT2D eigenvalue weighted by atomic mass is 9.99. The lowest BCUT2D eigenvalue weighted by Gasteiger charge is -2.31. The van der Waals surface area contributed by atoms with Gasteiger partial charge in [0.25, 0.3) is 0 Å². The molecule has 0 fully saturated rings. The molecule has 2 atom stereocenters. The van der Waals surface area contributed by atoms with Gasteiger partial charge >= 0.3 is 0 Å². The quantitative estimate of drug-likeness (QED) is 0.849. The number of hydrogen-bond acceptors (Lipinski definition) is 3. The summed E-state index contributed by atoms with van der Waals surface area (Å²) < 4.78 is 0. The number of aliphatic hydroxyl groups excluding tert-OH is 1. The van der Waals surface area contributed by atoms with Gasteiger partial charge in [-0.2, -0.15) is 0 Å². The Kier molecular flexibility index (Phi) is 5.90. The highest BCUT2D eigenvalue weighted by atomic mass is 16.3. The lowest BCUT2D eigenvalue weighted by molar-refractivity contribution is 0.0607. The number of aliphatic hydroxyl groups is 1. The molecular formula is C18H24N2O. The van der Waals surface area contributed by atoms with Crippen LogP contribution in [-0.4, -0.2) is 34.6 Å². The number of benzene rings is 1. The average molecular weight is 284 g/mol. The van der Waals surface area contributed by atoms with Gasteiger partial charge in [-0.15, -0.1) is 0 Å². The molecule has 1 heterocycles. The summed E-state index contributed by atoms with van der Waals surface area (Å²) in [5, 5.41) is 10.6. The van der Waals surface area contributed by atoms with Gasteiger partial charge in [-0.1, -0.05) is 37.3 Å². The second-order valence-electron chi connectivity index (χ2n) is 5.42. The first-order chi connectivity index (χ1) is 10.2. The zero-order chi connectivity index (χ0) is 15.1. The highest BCUT2D eigenvalue weighted by Crippen LogP contribution is 2.22. The van der Waals surface area contributed by atoms with Gasteiger partial charge in [0.15, 0.2) is 0 Å². The van der Waals surface area contributed by atoms with Crippen molar-refractivity contribution in [2.24, 2.45) is 0 Å². The van der Waals surface area contributed by atoms with E-state index in [4.69, 9.17) is 0 Å². The number of rotatable bonds is 7. The predicted octanol–water partition coefficient (Wildman–Crippen LogP) is 3.07. The molecule has 0 saturated carbocycles. The zero-order valence-electron chi connectivity index (χ0n) is 12.8. The minimum Gasteiger partial charge on any atom is -0.387 e. The van der Waals surface area contributed by atoms with Crippen molar-refractivity contribution >= 4 is 0 Å². The molecule has 21 heavy (non-hydrogen) atoms. The maximum Gasteiger partial charge on any atom is 0.0944 e. The second kappa shape index (κ2) is 7.91. The Morgan fingerprint density at radius 2 is 1.76 bits per heavy atom. The van der Waals surface area contributed by atoms with E-state index < -0.39 is 6.10 Å². The summed E-state index contributed by atoms with van der Waals surface area (Å²) in [6, 6.07) is 14.1. The van der Waals surface area contributed by atoms with E-state index in [1.807, 2.05) is 54.9 Å². The van der Waals surface area contributed by atoms with E-state index in [-0.39, 0.29) is 6.04 Å². The summed E-state index contributed by atoms with van der Waals surface area (Å²) in [4.78, 5) is 6.29. The molecule has 2 unspecified atom stereocenters. The molecule has 0 aliphatic heterocycles. The van der Waals surface area contributed by atoms with Gasteiger partial charge in [-0.3, -0.25) is 4.98 Å². The van der Waals surface area contributed by atoms with Crippen LogP contribution in [0, 0.1) is 0 Å². The van der Waals surface area contributed by atoms with Crippen molar-refractivity contribution in [3.05, 3.63) is 66.0 Å².